The Kier molecular flexibility index (Phi) is 4.62. The molecular formula is C21H24O. The lowest BCUT2D eigenvalue weighted by atomic mass is 9.89. The largest absolute Gasteiger partial charge is 0.508 e. The Bertz CT molecular complexity index is 668. The maximum absolute atomic E-state index is 9.81. The van der Waals surface area contributed by atoms with Crippen LogP contribution in [0.4, 0.5) is 0 Å². The molecular weight excluding hydrogens is 268 g/mol. The van der Waals surface area contributed by atoms with E-state index in [1.54, 1.807) is 0 Å². The predicted octanol–water partition coefficient (Wildman–Crippen LogP) is 5.83. The Morgan fingerprint density at radius 1 is 1.00 bits per heavy atom. The number of phenolic OH excluding ortho intramolecular Hbond substituents is 1. The number of fused-ring (bicyclic) bond motifs is 1. The number of unbranched alkanes of at least 4 members (excludes halogenated alkanes) is 1. The van der Waals surface area contributed by atoms with Gasteiger partial charge in [0.15, 0.2) is 0 Å². The van der Waals surface area contributed by atoms with Crippen LogP contribution in [0.25, 0.3) is 11.1 Å². The predicted molar refractivity (Wildman–Crippen MR) is 93.8 cm³/mol. The van der Waals surface area contributed by atoms with Gasteiger partial charge in [0.05, 0.1) is 0 Å². The van der Waals surface area contributed by atoms with Crippen LogP contribution in [-0.4, -0.2) is 5.11 Å². The van der Waals surface area contributed by atoms with Crippen LogP contribution in [0.3, 0.4) is 0 Å². The first-order valence-corrected chi connectivity index (χ1v) is 8.39. The van der Waals surface area contributed by atoms with Gasteiger partial charge >= 0.3 is 0 Å². The maximum Gasteiger partial charge on any atom is 0.115 e. The van der Waals surface area contributed by atoms with E-state index in [0.717, 1.165) is 25.7 Å². The molecule has 0 saturated heterocycles. The van der Waals surface area contributed by atoms with Gasteiger partial charge in [-0.25, -0.2) is 0 Å². The van der Waals surface area contributed by atoms with E-state index < -0.39 is 0 Å². The number of allylic oxidation sites excluding steroid dienone is 2. The van der Waals surface area contributed by atoms with Crippen LogP contribution < -0.4 is 0 Å². The minimum Gasteiger partial charge on any atom is -0.508 e. The summed E-state index contributed by atoms with van der Waals surface area (Å²) in [5, 5.41) is 9.81. The summed E-state index contributed by atoms with van der Waals surface area (Å²) in [6, 6.07) is 16.7. The molecule has 1 N–H and O–H groups in total. The number of hydrogen-bond acceptors (Lipinski definition) is 1. The van der Waals surface area contributed by atoms with Crippen LogP contribution in [0.1, 0.15) is 55.7 Å². The zero-order chi connectivity index (χ0) is 15.4. The molecule has 1 aliphatic rings. The SMILES string of the molecule is CCCCC1=C(c2ccccc2)CCCc2cc(O)ccc21. The molecule has 2 aromatic carbocycles. The number of aromatic hydroxyl groups is 1. The molecule has 22 heavy (non-hydrogen) atoms. The molecule has 1 nitrogen and oxygen atoms in total. The van der Waals surface area contributed by atoms with E-state index in [4.69, 9.17) is 0 Å². The highest BCUT2D eigenvalue weighted by Gasteiger charge is 2.18. The molecule has 114 valence electrons. The Balaban J connectivity index is 2.14. The van der Waals surface area contributed by atoms with Gasteiger partial charge in [0.2, 0.25) is 0 Å². The van der Waals surface area contributed by atoms with Crippen LogP contribution in [-0.2, 0) is 6.42 Å². The van der Waals surface area contributed by atoms with E-state index in [-0.39, 0.29) is 0 Å². The highest BCUT2D eigenvalue weighted by Crippen LogP contribution is 2.39. The van der Waals surface area contributed by atoms with E-state index >= 15 is 0 Å². The molecule has 0 aromatic heterocycles. The molecule has 0 heterocycles. The summed E-state index contributed by atoms with van der Waals surface area (Å²) in [6.07, 6.45) is 6.87. The third kappa shape index (κ3) is 3.09. The third-order valence-electron chi connectivity index (χ3n) is 4.55. The van der Waals surface area contributed by atoms with Crippen LogP contribution in [0, 0.1) is 0 Å². The minimum absolute atomic E-state index is 0.386. The number of rotatable bonds is 4. The molecule has 0 aliphatic heterocycles. The van der Waals surface area contributed by atoms with Crippen molar-refractivity contribution in [1.82, 2.24) is 0 Å². The normalized spacial score (nSPS) is 14.6. The summed E-state index contributed by atoms with van der Waals surface area (Å²) in [7, 11) is 0. The van der Waals surface area contributed by atoms with Gasteiger partial charge in [-0.1, -0.05) is 49.7 Å². The van der Waals surface area contributed by atoms with Crippen LogP contribution >= 0.6 is 0 Å². The zero-order valence-corrected chi connectivity index (χ0v) is 13.3. The third-order valence-corrected chi connectivity index (χ3v) is 4.55. The fourth-order valence-electron chi connectivity index (χ4n) is 3.45. The van der Waals surface area contributed by atoms with E-state index in [2.05, 4.69) is 43.3 Å². The summed E-state index contributed by atoms with van der Waals surface area (Å²) in [5.74, 6) is 0.386. The van der Waals surface area contributed by atoms with Crippen LogP contribution in [0.2, 0.25) is 0 Å². The summed E-state index contributed by atoms with van der Waals surface area (Å²) >= 11 is 0. The quantitative estimate of drug-likeness (QED) is 0.751. The van der Waals surface area contributed by atoms with Gasteiger partial charge in [0, 0.05) is 0 Å². The smallest absolute Gasteiger partial charge is 0.115 e. The molecule has 1 aliphatic carbocycles. The van der Waals surface area contributed by atoms with Crippen molar-refractivity contribution in [3.63, 3.8) is 0 Å². The Morgan fingerprint density at radius 2 is 1.82 bits per heavy atom. The second-order valence-electron chi connectivity index (χ2n) is 6.12. The number of benzene rings is 2. The van der Waals surface area contributed by atoms with Gasteiger partial charge in [-0.15, -0.1) is 0 Å². The lowest BCUT2D eigenvalue weighted by Crippen LogP contribution is -1.94. The van der Waals surface area contributed by atoms with Gasteiger partial charge in [-0.05, 0) is 72.1 Å². The van der Waals surface area contributed by atoms with Crippen molar-refractivity contribution < 1.29 is 5.11 Å². The molecule has 0 atom stereocenters. The molecule has 0 amide bonds. The lowest BCUT2D eigenvalue weighted by molar-refractivity contribution is 0.474. The standard InChI is InChI=1S/C21H24O/c1-2-3-11-21-19(16-8-5-4-6-9-16)12-7-10-17-15-18(22)13-14-20(17)21/h4-6,8-9,13-15,22H,2-3,7,10-12H2,1H3. The number of hydrogen-bond donors (Lipinski definition) is 1. The maximum atomic E-state index is 9.81. The molecule has 3 rings (SSSR count). The Labute approximate surface area is 133 Å². The number of phenols is 1. The number of aryl methyl sites for hydroxylation is 1. The van der Waals surface area contributed by atoms with Gasteiger partial charge in [0.1, 0.15) is 5.75 Å². The van der Waals surface area contributed by atoms with Crippen molar-refractivity contribution in [2.75, 3.05) is 0 Å². The Morgan fingerprint density at radius 3 is 2.59 bits per heavy atom. The van der Waals surface area contributed by atoms with Gasteiger partial charge in [0.25, 0.3) is 0 Å². The van der Waals surface area contributed by atoms with Crippen molar-refractivity contribution in [3.05, 3.63) is 65.2 Å². The summed E-state index contributed by atoms with van der Waals surface area (Å²) in [6.45, 7) is 2.25. The van der Waals surface area contributed by atoms with E-state index in [1.807, 2.05) is 12.1 Å². The van der Waals surface area contributed by atoms with E-state index in [0.29, 0.717) is 5.75 Å². The fourth-order valence-corrected chi connectivity index (χ4v) is 3.45. The Hall–Kier alpha value is -2.02. The summed E-state index contributed by atoms with van der Waals surface area (Å²) < 4.78 is 0. The molecule has 0 spiro atoms. The van der Waals surface area contributed by atoms with Gasteiger partial charge in [-0.3, -0.25) is 0 Å². The first-order chi connectivity index (χ1) is 10.8. The van der Waals surface area contributed by atoms with E-state index in [1.165, 1.54) is 40.7 Å². The molecule has 0 bridgehead atoms. The van der Waals surface area contributed by atoms with E-state index in [9.17, 15) is 5.11 Å². The molecule has 0 fully saturated rings. The summed E-state index contributed by atoms with van der Waals surface area (Å²) in [5.41, 5.74) is 6.99. The van der Waals surface area contributed by atoms with Crippen molar-refractivity contribution in [3.8, 4) is 5.75 Å². The average molecular weight is 292 g/mol. The van der Waals surface area contributed by atoms with Crippen molar-refractivity contribution in [1.29, 1.82) is 0 Å². The van der Waals surface area contributed by atoms with Crippen molar-refractivity contribution in [2.45, 2.75) is 45.4 Å². The lowest BCUT2D eigenvalue weighted by Gasteiger charge is -2.16. The molecule has 0 radical (unpaired) electrons. The molecule has 0 unspecified atom stereocenters. The highest BCUT2D eigenvalue weighted by molar-refractivity contribution is 5.92. The minimum atomic E-state index is 0.386. The van der Waals surface area contributed by atoms with Crippen LogP contribution in [0.15, 0.2) is 48.5 Å². The first-order valence-electron chi connectivity index (χ1n) is 8.39. The highest BCUT2D eigenvalue weighted by atomic mass is 16.3. The summed E-state index contributed by atoms with van der Waals surface area (Å²) in [4.78, 5) is 0. The topological polar surface area (TPSA) is 20.2 Å². The second-order valence-corrected chi connectivity index (χ2v) is 6.12. The zero-order valence-electron chi connectivity index (χ0n) is 13.3. The van der Waals surface area contributed by atoms with Crippen molar-refractivity contribution >= 4 is 11.1 Å². The molecule has 0 saturated carbocycles. The van der Waals surface area contributed by atoms with Crippen molar-refractivity contribution in [2.24, 2.45) is 0 Å². The average Bonchev–Trinajstić information content (AvgIpc) is 2.72. The first kappa shape index (κ1) is 14.9. The van der Waals surface area contributed by atoms with Gasteiger partial charge < -0.3 is 5.11 Å². The second kappa shape index (κ2) is 6.83. The van der Waals surface area contributed by atoms with Gasteiger partial charge in [-0.2, -0.15) is 0 Å². The van der Waals surface area contributed by atoms with Crippen LogP contribution in [0.5, 0.6) is 5.75 Å². The molecule has 2 aromatic rings. The molecule has 1 heteroatoms. The monoisotopic (exact) mass is 292 g/mol. The fraction of sp³-hybridized carbons (Fsp3) is 0.333.